The van der Waals surface area contributed by atoms with E-state index in [1.807, 2.05) is 13.0 Å². The second-order valence-corrected chi connectivity index (χ2v) is 6.43. The van der Waals surface area contributed by atoms with Crippen molar-refractivity contribution in [1.82, 2.24) is 9.97 Å². The lowest BCUT2D eigenvalue weighted by molar-refractivity contribution is 0.455. The van der Waals surface area contributed by atoms with E-state index in [0.717, 1.165) is 28.6 Å². The van der Waals surface area contributed by atoms with E-state index in [4.69, 9.17) is 7.85 Å². The van der Waals surface area contributed by atoms with Crippen molar-refractivity contribution in [2.45, 2.75) is 25.3 Å². The van der Waals surface area contributed by atoms with E-state index < -0.39 is 0 Å². The van der Waals surface area contributed by atoms with Crippen molar-refractivity contribution in [2.24, 2.45) is 5.92 Å². The Morgan fingerprint density at radius 1 is 1.46 bits per heavy atom. The molecule has 1 aliphatic carbocycles. The summed E-state index contributed by atoms with van der Waals surface area (Å²) in [6, 6.07) is 2.40. The highest BCUT2D eigenvalue weighted by Gasteiger charge is 2.39. The monoisotopic (exact) mass is 313 g/mol. The maximum absolute atomic E-state index is 6.45. The molecule has 0 amide bonds. The fraction of sp³-hybridized carbons (Fsp3) is 0.250. The molecule has 0 spiro atoms. The van der Waals surface area contributed by atoms with Crippen LogP contribution >= 0.6 is 0 Å². The fourth-order valence-corrected chi connectivity index (χ4v) is 4.09. The van der Waals surface area contributed by atoms with Crippen LogP contribution in [0.15, 0.2) is 61.0 Å². The molecule has 2 heterocycles. The molecule has 2 aromatic rings. The van der Waals surface area contributed by atoms with Crippen LogP contribution in [-0.4, -0.2) is 23.9 Å². The molecule has 0 fully saturated rings. The Labute approximate surface area is 143 Å². The number of allylic oxidation sites excluding steroid dienone is 5. The van der Waals surface area contributed by atoms with Crippen molar-refractivity contribution in [3.8, 4) is 0 Å². The summed E-state index contributed by atoms with van der Waals surface area (Å²) >= 11 is 0. The average Bonchev–Trinajstić information content (AvgIpc) is 3.23. The summed E-state index contributed by atoms with van der Waals surface area (Å²) < 4.78 is 0. The molecule has 2 aliphatic rings. The molecule has 1 aliphatic heterocycles. The number of aromatic amines is 1. The van der Waals surface area contributed by atoms with E-state index in [-0.39, 0.29) is 6.04 Å². The summed E-state index contributed by atoms with van der Waals surface area (Å²) in [5.74, 6) is 0.861. The highest BCUT2D eigenvalue weighted by Crippen LogP contribution is 2.46. The molecular formula is C20H20BN3. The van der Waals surface area contributed by atoms with Crippen LogP contribution in [-0.2, 0) is 0 Å². The van der Waals surface area contributed by atoms with Crippen molar-refractivity contribution < 1.29 is 0 Å². The number of nitrogens with one attached hydrogen (secondary N) is 2. The first-order valence-corrected chi connectivity index (χ1v) is 8.38. The summed E-state index contributed by atoms with van der Waals surface area (Å²) in [7, 11) is 6.45. The lowest BCUT2D eigenvalue weighted by Crippen LogP contribution is -2.39. The zero-order chi connectivity index (χ0) is 16.7. The van der Waals surface area contributed by atoms with E-state index in [1.165, 1.54) is 11.1 Å². The van der Waals surface area contributed by atoms with Crippen LogP contribution in [0.2, 0.25) is 0 Å². The molecule has 3 nitrogen and oxygen atoms in total. The number of anilines is 1. The Hall–Kier alpha value is -2.49. The van der Waals surface area contributed by atoms with Crippen LogP contribution < -0.4 is 10.8 Å². The molecule has 1 aromatic carbocycles. The van der Waals surface area contributed by atoms with E-state index in [1.54, 1.807) is 6.33 Å². The Kier molecular flexibility index (Phi) is 3.68. The van der Waals surface area contributed by atoms with E-state index in [0.29, 0.717) is 11.8 Å². The predicted molar refractivity (Wildman–Crippen MR) is 102 cm³/mol. The van der Waals surface area contributed by atoms with Crippen LogP contribution in [0.25, 0.3) is 11.0 Å². The molecule has 4 rings (SSSR count). The fourth-order valence-electron chi connectivity index (χ4n) is 4.09. The summed E-state index contributed by atoms with van der Waals surface area (Å²) in [5, 5.41) is 3.70. The molecule has 0 saturated heterocycles. The zero-order valence-electron chi connectivity index (χ0n) is 13.8. The van der Waals surface area contributed by atoms with Gasteiger partial charge in [0, 0.05) is 11.6 Å². The normalized spacial score (nSPS) is 25.7. The standard InChI is InChI=1S/C20H20BN3/c1-3-6-12(7-4-2)18-14-9-5-8-13(14)15-10-16-20(23-11-22-16)17(21)19(15)24-18/h3-8,10-11,13-14,18,24H,1,9H2,2H3,(H,22,23)/b7-4-,12-6+. The van der Waals surface area contributed by atoms with Gasteiger partial charge in [0.2, 0.25) is 0 Å². The number of imidazole rings is 1. The number of benzene rings is 1. The maximum Gasteiger partial charge on any atom is 0.119 e. The van der Waals surface area contributed by atoms with Gasteiger partial charge in [-0.2, -0.15) is 0 Å². The summed E-state index contributed by atoms with van der Waals surface area (Å²) in [6.45, 7) is 5.91. The topological polar surface area (TPSA) is 40.7 Å². The number of nitrogens with zero attached hydrogens (tertiary/aromatic N) is 1. The van der Waals surface area contributed by atoms with E-state index in [9.17, 15) is 0 Å². The van der Waals surface area contributed by atoms with Crippen molar-refractivity contribution in [3.63, 3.8) is 0 Å². The zero-order valence-corrected chi connectivity index (χ0v) is 13.8. The van der Waals surface area contributed by atoms with Gasteiger partial charge in [-0.05, 0) is 41.9 Å². The largest absolute Gasteiger partial charge is 0.378 e. The van der Waals surface area contributed by atoms with Gasteiger partial charge < -0.3 is 10.3 Å². The molecule has 3 unspecified atom stereocenters. The lowest BCUT2D eigenvalue weighted by Gasteiger charge is -2.39. The van der Waals surface area contributed by atoms with Crippen LogP contribution in [0, 0.1) is 5.92 Å². The highest BCUT2D eigenvalue weighted by molar-refractivity contribution is 6.42. The van der Waals surface area contributed by atoms with E-state index >= 15 is 0 Å². The molecule has 1 aromatic heterocycles. The first-order chi connectivity index (χ1) is 11.7. The molecule has 4 heteroatoms. The number of aromatic nitrogens is 2. The van der Waals surface area contributed by atoms with Crippen molar-refractivity contribution in [2.75, 3.05) is 5.32 Å². The first-order valence-electron chi connectivity index (χ1n) is 8.38. The lowest BCUT2D eigenvalue weighted by atomic mass is 9.74. The minimum Gasteiger partial charge on any atom is -0.378 e. The van der Waals surface area contributed by atoms with Crippen molar-refractivity contribution in [1.29, 1.82) is 0 Å². The minimum atomic E-state index is 0.213. The molecule has 2 N–H and O–H groups in total. The second-order valence-electron chi connectivity index (χ2n) is 6.43. The molecular weight excluding hydrogens is 293 g/mol. The molecule has 24 heavy (non-hydrogen) atoms. The quantitative estimate of drug-likeness (QED) is 0.517. The number of fused-ring (bicyclic) bond motifs is 4. The van der Waals surface area contributed by atoms with Gasteiger partial charge in [0.1, 0.15) is 7.85 Å². The van der Waals surface area contributed by atoms with Gasteiger partial charge in [-0.25, -0.2) is 4.98 Å². The summed E-state index contributed by atoms with van der Waals surface area (Å²) in [6.07, 6.45) is 15.5. The Bertz CT molecular complexity index is 888. The van der Waals surface area contributed by atoms with Crippen LogP contribution in [0.4, 0.5) is 5.69 Å². The Balaban J connectivity index is 1.89. The summed E-state index contributed by atoms with van der Waals surface area (Å²) in [4.78, 5) is 7.56. The van der Waals surface area contributed by atoms with Gasteiger partial charge in [-0.1, -0.05) is 43.0 Å². The highest BCUT2D eigenvalue weighted by atomic mass is 15.0. The van der Waals surface area contributed by atoms with E-state index in [2.05, 4.69) is 58.3 Å². The Morgan fingerprint density at radius 2 is 2.33 bits per heavy atom. The van der Waals surface area contributed by atoms with Crippen molar-refractivity contribution >= 4 is 30.0 Å². The Morgan fingerprint density at radius 3 is 3.12 bits per heavy atom. The average molecular weight is 313 g/mol. The van der Waals surface area contributed by atoms with Gasteiger partial charge in [0.05, 0.1) is 23.4 Å². The molecule has 3 atom stereocenters. The van der Waals surface area contributed by atoms with Gasteiger partial charge in [-0.3, -0.25) is 0 Å². The molecule has 2 radical (unpaired) electrons. The smallest absolute Gasteiger partial charge is 0.119 e. The number of hydrogen-bond donors (Lipinski definition) is 2. The third-order valence-corrected chi connectivity index (χ3v) is 5.11. The molecule has 118 valence electrons. The number of rotatable bonds is 3. The third kappa shape index (κ3) is 2.17. The number of H-pyrrole nitrogens is 1. The van der Waals surface area contributed by atoms with Crippen LogP contribution in [0.1, 0.15) is 24.8 Å². The maximum atomic E-state index is 6.45. The van der Waals surface area contributed by atoms with Crippen LogP contribution in [0.5, 0.6) is 0 Å². The first kappa shape index (κ1) is 15.1. The second kappa shape index (κ2) is 5.86. The van der Waals surface area contributed by atoms with Gasteiger partial charge in [0.15, 0.2) is 0 Å². The van der Waals surface area contributed by atoms with Gasteiger partial charge in [-0.15, -0.1) is 0 Å². The number of hydrogen-bond acceptors (Lipinski definition) is 2. The van der Waals surface area contributed by atoms with Gasteiger partial charge >= 0.3 is 0 Å². The van der Waals surface area contributed by atoms with Gasteiger partial charge in [0.25, 0.3) is 0 Å². The van der Waals surface area contributed by atoms with Crippen molar-refractivity contribution in [3.05, 3.63) is 66.6 Å². The predicted octanol–water partition coefficient (Wildman–Crippen LogP) is 3.50. The molecule has 0 saturated carbocycles. The SMILES string of the molecule is [B]c1c2c(cc3[nH]cnc13)C1C=CCC1C(C(/C=C\C)=C/C=C)N2. The minimum absolute atomic E-state index is 0.213. The van der Waals surface area contributed by atoms with Crippen LogP contribution in [0.3, 0.4) is 0 Å². The third-order valence-electron chi connectivity index (χ3n) is 5.11. The molecule has 0 bridgehead atoms. The summed E-state index contributed by atoms with van der Waals surface area (Å²) in [5.41, 5.74) is 6.08.